The zero-order valence-corrected chi connectivity index (χ0v) is 29.2. The monoisotopic (exact) mass is 662 g/mol. The largest absolute Gasteiger partial charge is 1.00 e. The van der Waals surface area contributed by atoms with Crippen molar-refractivity contribution in [2.75, 3.05) is 36.3 Å². The van der Waals surface area contributed by atoms with Crippen LogP contribution < -0.4 is 90.7 Å². The maximum atomic E-state index is 12.1. The molecule has 220 valence electrons. The Labute approximate surface area is 295 Å². The molecule has 4 aromatic rings. The normalized spacial score (nSPS) is 11.3. The van der Waals surface area contributed by atoms with Gasteiger partial charge in [-0.1, -0.05) is 24.3 Å². The van der Waals surface area contributed by atoms with E-state index in [0.717, 1.165) is 24.3 Å². The average Bonchev–Trinajstić information content (AvgIpc) is 2.91. The summed E-state index contributed by atoms with van der Waals surface area (Å²) in [4.78, 5) is 21.7. The first kappa shape index (κ1) is 37.0. The number of anilines is 6. The molecule has 0 saturated heterocycles. The van der Waals surface area contributed by atoms with E-state index in [-0.39, 0.29) is 117 Å². The number of ether oxygens (including phenoxy) is 2. The van der Waals surface area contributed by atoms with E-state index < -0.39 is 30.0 Å². The molecule has 0 amide bonds. The van der Waals surface area contributed by atoms with E-state index >= 15 is 0 Å². The maximum absolute atomic E-state index is 12.1. The minimum Gasteiger partial charge on any atom is -0.744 e. The number of nitrogen functional groups attached to an aromatic ring is 2. The van der Waals surface area contributed by atoms with Crippen LogP contribution in [0, 0.1) is 0 Å². The molecule has 0 spiro atoms. The Morgan fingerprint density at radius 1 is 0.659 bits per heavy atom. The summed E-state index contributed by atoms with van der Waals surface area (Å²) in [5, 5.41) is 5.38. The third-order valence-electron chi connectivity index (χ3n) is 5.15. The molecule has 0 atom stereocenters. The molecule has 0 fully saturated rings. The van der Waals surface area contributed by atoms with Crippen molar-refractivity contribution in [3.8, 4) is 12.0 Å². The molecule has 0 radical (unpaired) electrons. The van der Waals surface area contributed by atoms with Crippen LogP contribution in [0.2, 0.25) is 0 Å². The molecule has 0 aliphatic rings. The van der Waals surface area contributed by atoms with Gasteiger partial charge < -0.3 is 40.7 Å². The van der Waals surface area contributed by atoms with Gasteiger partial charge >= 0.3 is 71.1 Å². The van der Waals surface area contributed by atoms with Crippen molar-refractivity contribution in [1.29, 1.82) is 0 Å². The molecule has 2 aromatic carbocycles. The van der Waals surface area contributed by atoms with Crippen LogP contribution in [0.4, 0.5) is 35.2 Å². The van der Waals surface area contributed by atoms with Crippen molar-refractivity contribution in [1.82, 2.24) is 29.9 Å². The van der Waals surface area contributed by atoms with E-state index in [0.29, 0.717) is 0 Å². The molecule has 0 aliphatic heterocycles. The van der Waals surface area contributed by atoms with E-state index in [4.69, 9.17) is 20.9 Å². The van der Waals surface area contributed by atoms with E-state index in [2.05, 4.69) is 40.5 Å². The van der Waals surface area contributed by atoms with Crippen molar-refractivity contribution >= 4 is 67.6 Å². The third-order valence-corrected chi connectivity index (χ3v) is 6.93. The summed E-state index contributed by atoms with van der Waals surface area (Å²) in [7, 11) is -7.46. The van der Waals surface area contributed by atoms with Gasteiger partial charge in [-0.2, -0.15) is 29.9 Å². The Morgan fingerprint density at radius 3 is 1.34 bits per heavy atom. The summed E-state index contributed by atoms with van der Waals surface area (Å²) in [6, 6.07) is 7.15. The van der Waals surface area contributed by atoms with Crippen molar-refractivity contribution in [2.45, 2.75) is 9.79 Å². The van der Waals surface area contributed by atoms with Gasteiger partial charge in [-0.15, -0.1) is 0 Å². The van der Waals surface area contributed by atoms with E-state index in [9.17, 15) is 25.9 Å². The second-order valence-electron chi connectivity index (χ2n) is 8.00. The first-order valence-electron chi connectivity index (χ1n) is 11.3. The SMILES string of the molecule is COc1nc(N)nc(Nc2ccc(/C=C/c3ccc(Nc4nc(N)nc(OC)n4)cc3S(=O)(=O)[O-])c(S(=O)(=O)[O-])c2)n1.[Na+].[Na+]. The van der Waals surface area contributed by atoms with Gasteiger partial charge in [-0.3, -0.25) is 0 Å². The van der Waals surface area contributed by atoms with Crippen LogP contribution in [-0.2, 0) is 20.2 Å². The fraction of sp³-hybridized carbons (Fsp3) is 0.0909. The predicted octanol–water partition coefficient (Wildman–Crippen LogP) is -5.29. The van der Waals surface area contributed by atoms with Crippen LogP contribution in [0.25, 0.3) is 12.2 Å². The average molecular weight is 663 g/mol. The molecule has 44 heavy (non-hydrogen) atoms. The number of nitrogens with one attached hydrogen (secondary N) is 2. The molecule has 4 rings (SSSR count). The molecule has 18 nitrogen and oxygen atoms in total. The van der Waals surface area contributed by atoms with Crippen LogP contribution in [0.5, 0.6) is 12.0 Å². The molecule has 0 saturated carbocycles. The first-order valence-corrected chi connectivity index (χ1v) is 14.1. The van der Waals surface area contributed by atoms with Gasteiger partial charge in [0.05, 0.1) is 24.0 Å². The second kappa shape index (κ2) is 15.2. The maximum Gasteiger partial charge on any atom is 1.00 e. The molecule has 0 aliphatic carbocycles. The molecule has 0 unspecified atom stereocenters. The van der Waals surface area contributed by atoms with Crippen molar-refractivity contribution in [2.24, 2.45) is 0 Å². The summed E-state index contributed by atoms with van der Waals surface area (Å²) in [5.74, 6) is -0.533. The number of aromatic nitrogens is 6. The molecule has 0 bridgehead atoms. The molecule has 22 heteroatoms. The van der Waals surface area contributed by atoms with Gasteiger partial charge in [0.25, 0.3) is 0 Å². The molecular weight excluding hydrogens is 642 g/mol. The number of nitrogens with two attached hydrogens (primary N) is 2. The van der Waals surface area contributed by atoms with Gasteiger partial charge in [0.1, 0.15) is 20.2 Å². The Bertz CT molecular complexity index is 1780. The zero-order chi connectivity index (χ0) is 30.7. The van der Waals surface area contributed by atoms with E-state index in [1.54, 1.807) is 0 Å². The molecule has 2 heterocycles. The van der Waals surface area contributed by atoms with Crippen molar-refractivity contribution < 1.29 is 94.5 Å². The number of hydrogen-bond acceptors (Lipinski definition) is 18. The molecule has 2 aromatic heterocycles. The van der Waals surface area contributed by atoms with E-state index in [1.807, 2.05) is 0 Å². The smallest absolute Gasteiger partial charge is 0.744 e. The van der Waals surface area contributed by atoms with Crippen LogP contribution >= 0.6 is 0 Å². The summed E-state index contributed by atoms with van der Waals surface area (Å²) < 4.78 is 82.1. The summed E-state index contributed by atoms with van der Waals surface area (Å²) in [5.41, 5.74) is 11.2. The number of hydrogen-bond donors (Lipinski definition) is 4. The van der Waals surface area contributed by atoms with Gasteiger partial charge in [0.15, 0.2) is 0 Å². The molecule has 6 N–H and O–H groups in total. The number of methoxy groups -OCH3 is 2. The zero-order valence-electron chi connectivity index (χ0n) is 23.5. The fourth-order valence-electron chi connectivity index (χ4n) is 3.41. The van der Waals surface area contributed by atoms with Gasteiger partial charge in [-0.05, 0) is 35.4 Å². The first-order chi connectivity index (χ1) is 19.7. The number of benzene rings is 2. The van der Waals surface area contributed by atoms with Crippen LogP contribution in [0.3, 0.4) is 0 Å². The van der Waals surface area contributed by atoms with Gasteiger partial charge in [0, 0.05) is 11.4 Å². The van der Waals surface area contributed by atoms with E-state index in [1.165, 1.54) is 38.5 Å². The molecular formula is C22H20N10Na2O8S2. The predicted molar refractivity (Wildman–Crippen MR) is 146 cm³/mol. The minimum atomic E-state index is -5.04. The summed E-state index contributed by atoms with van der Waals surface area (Å²) >= 11 is 0. The standard InChI is InChI=1S/C22H22N10O8S2.2Na/c1-39-21-29-17(23)27-19(31-21)25-13-7-5-11(15(9-13)41(33,34)35)3-4-12-6-8-14(10-16(12)42(36,37)38)26-20-28-18(24)30-22(32-20)40-2;;/h3-10H,1-2H3,(H,33,34,35)(H,36,37,38)(H3,23,25,27,29,31)(H3,24,26,28,30,32);;/q;2*+1/p-2/b4-3+;;. The summed E-state index contributed by atoms with van der Waals surface area (Å²) in [6.07, 6.45) is 2.32. The fourth-order valence-corrected chi connectivity index (χ4v) is 4.80. The summed E-state index contributed by atoms with van der Waals surface area (Å²) in [6.45, 7) is 0. The van der Waals surface area contributed by atoms with Crippen molar-refractivity contribution in [3.05, 3.63) is 47.5 Å². The van der Waals surface area contributed by atoms with Crippen LogP contribution in [-0.4, -0.2) is 70.1 Å². The third kappa shape index (κ3) is 9.66. The quantitative estimate of drug-likeness (QED) is 0.0700. The number of rotatable bonds is 10. The second-order valence-corrected chi connectivity index (χ2v) is 10.7. The van der Waals surface area contributed by atoms with Gasteiger partial charge in [0.2, 0.25) is 23.8 Å². The topological polar surface area (TPSA) is 286 Å². The Balaban J connectivity index is 0.00000337. The van der Waals surface area contributed by atoms with Crippen molar-refractivity contribution in [3.63, 3.8) is 0 Å². The Hall–Kier alpha value is -3.18. The minimum absolute atomic E-state index is 0. The van der Waals surface area contributed by atoms with Crippen LogP contribution in [0.15, 0.2) is 46.2 Å². The Morgan fingerprint density at radius 2 is 1.02 bits per heavy atom. The van der Waals surface area contributed by atoms with Crippen LogP contribution in [0.1, 0.15) is 11.1 Å². The Kier molecular flexibility index (Phi) is 12.8. The number of nitrogens with zero attached hydrogens (tertiary/aromatic N) is 6. The van der Waals surface area contributed by atoms with Gasteiger partial charge in [-0.25, -0.2) is 16.8 Å².